The van der Waals surface area contributed by atoms with Crippen LogP contribution >= 0.6 is 24.2 Å². The molecule has 0 radical (unpaired) electrons. The van der Waals surface area contributed by atoms with Crippen molar-refractivity contribution >= 4 is 24.2 Å². The van der Waals surface area contributed by atoms with Crippen LogP contribution in [-0.4, -0.2) is 12.3 Å². The predicted octanol–water partition coefficient (Wildman–Crippen LogP) is 2.75. The van der Waals surface area contributed by atoms with Crippen LogP contribution in [0.25, 0.3) is 0 Å². The molecule has 0 saturated carbocycles. The van der Waals surface area contributed by atoms with E-state index in [2.05, 4.69) is 36.5 Å². The molecule has 1 aromatic rings. The van der Waals surface area contributed by atoms with Crippen molar-refractivity contribution in [2.24, 2.45) is 0 Å². The molecule has 1 aromatic carbocycles. The first-order valence-corrected chi connectivity index (χ1v) is 5.33. The molecule has 1 heterocycles. The van der Waals surface area contributed by atoms with E-state index in [1.807, 2.05) is 11.8 Å². The fourth-order valence-electron chi connectivity index (χ4n) is 1.38. The molecule has 0 amide bonds. The van der Waals surface area contributed by atoms with Crippen LogP contribution in [0.5, 0.6) is 0 Å². The van der Waals surface area contributed by atoms with E-state index in [4.69, 9.17) is 0 Å². The van der Waals surface area contributed by atoms with Gasteiger partial charge in [-0.3, -0.25) is 0 Å². The number of nitrogens with one attached hydrogen (secondary N) is 1. The molecule has 0 spiro atoms. The van der Waals surface area contributed by atoms with Gasteiger partial charge in [-0.2, -0.15) is 0 Å². The van der Waals surface area contributed by atoms with Crippen molar-refractivity contribution in [3.8, 4) is 0 Å². The van der Waals surface area contributed by atoms with Gasteiger partial charge in [-0.1, -0.05) is 29.8 Å². The van der Waals surface area contributed by atoms with Gasteiger partial charge in [0.2, 0.25) is 0 Å². The van der Waals surface area contributed by atoms with Crippen molar-refractivity contribution in [3.63, 3.8) is 0 Å². The second kappa shape index (κ2) is 4.89. The van der Waals surface area contributed by atoms with Crippen LogP contribution in [0.15, 0.2) is 24.3 Å². The minimum Gasteiger partial charge on any atom is -0.301 e. The summed E-state index contributed by atoms with van der Waals surface area (Å²) in [6.45, 7) is 3.27. The fraction of sp³-hybridized carbons (Fsp3) is 0.400. The van der Waals surface area contributed by atoms with E-state index in [1.165, 1.54) is 16.9 Å². The smallest absolute Gasteiger partial charge is 0.0790 e. The molecule has 1 fully saturated rings. The number of thioether (sulfide) groups is 1. The number of hydrogen-bond donors (Lipinski definition) is 1. The summed E-state index contributed by atoms with van der Waals surface area (Å²) in [5.41, 5.74) is 2.74. The summed E-state index contributed by atoms with van der Waals surface area (Å²) in [4.78, 5) is 0. The van der Waals surface area contributed by atoms with E-state index in [9.17, 15) is 0 Å². The first-order chi connectivity index (χ1) is 5.86. The van der Waals surface area contributed by atoms with Crippen molar-refractivity contribution < 1.29 is 0 Å². The molecule has 0 aromatic heterocycles. The molecule has 3 heteroatoms. The number of benzene rings is 1. The van der Waals surface area contributed by atoms with Crippen molar-refractivity contribution in [2.75, 3.05) is 12.3 Å². The highest BCUT2D eigenvalue weighted by molar-refractivity contribution is 7.99. The standard InChI is InChI=1S/C10H13NS.ClH/c1-8-2-4-9(5-3-8)10-11-6-7-12-10;/h2-5,10-11H,6-7H2,1H3;1H. The molecule has 1 atom stereocenters. The Morgan fingerprint density at radius 1 is 1.31 bits per heavy atom. The highest BCUT2D eigenvalue weighted by Crippen LogP contribution is 2.29. The molecule has 1 N–H and O–H groups in total. The predicted molar refractivity (Wildman–Crippen MR) is 61.6 cm³/mol. The third-order valence-corrected chi connectivity index (χ3v) is 3.31. The Labute approximate surface area is 89.7 Å². The molecule has 0 aliphatic carbocycles. The van der Waals surface area contributed by atoms with Gasteiger partial charge >= 0.3 is 0 Å². The van der Waals surface area contributed by atoms with Gasteiger partial charge in [0, 0.05) is 12.3 Å². The van der Waals surface area contributed by atoms with Crippen LogP contribution in [0, 0.1) is 6.92 Å². The van der Waals surface area contributed by atoms with Gasteiger partial charge in [0.25, 0.3) is 0 Å². The molecule has 1 aliphatic heterocycles. The minimum atomic E-state index is 0. The highest BCUT2D eigenvalue weighted by atomic mass is 35.5. The Hall–Kier alpha value is -0.180. The van der Waals surface area contributed by atoms with E-state index >= 15 is 0 Å². The molecular weight excluding hydrogens is 202 g/mol. The van der Waals surface area contributed by atoms with Gasteiger partial charge in [0.1, 0.15) is 0 Å². The molecule has 1 saturated heterocycles. The van der Waals surface area contributed by atoms with Crippen LogP contribution in [0.2, 0.25) is 0 Å². The van der Waals surface area contributed by atoms with Crippen LogP contribution in [0.1, 0.15) is 16.5 Å². The van der Waals surface area contributed by atoms with Crippen LogP contribution in [0.3, 0.4) is 0 Å². The van der Waals surface area contributed by atoms with Gasteiger partial charge in [-0.25, -0.2) is 0 Å². The lowest BCUT2D eigenvalue weighted by atomic mass is 10.1. The maximum Gasteiger partial charge on any atom is 0.0790 e. The maximum absolute atomic E-state index is 3.46. The van der Waals surface area contributed by atoms with Crippen LogP contribution < -0.4 is 5.32 Å². The van der Waals surface area contributed by atoms with Crippen molar-refractivity contribution in [1.29, 1.82) is 0 Å². The van der Waals surface area contributed by atoms with E-state index in [1.54, 1.807) is 0 Å². The fourth-order valence-corrected chi connectivity index (χ4v) is 2.44. The maximum atomic E-state index is 3.46. The Morgan fingerprint density at radius 2 is 2.00 bits per heavy atom. The SMILES string of the molecule is Cc1ccc(C2NCCS2)cc1.Cl. The summed E-state index contributed by atoms with van der Waals surface area (Å²) < 4.78 is 0. The molecule has 0 bridgehead atoms. The second-order valence-electron chi connectivity index (χ2n) is 3.12. The van der Waals surface area contributed by atoms with Crippen molar-refractivity contribution in [3.05, 3.63) is 35.4 Å². The lowest BCUT2D eigenvalue weighted by molar-refractivity contribution is 0.751. The van der Waals surface area contributed by atoms with Gasteiger partial charge < -0.3 is 5.32 Å². The Kier molecular flexibility index (Phi) is 4.10. The largest absolute Gasteiger partial charge is 0.301 e. The van der Waals surface area contributed by atoms with E-state index in [-0.39, 0.29) is 12.4 Å². The zero-order valence-electron chi connectivity index (χ0n) is 7.62. The van der Waals surface area contributed by atoms with Gasteiger partial charge in [-0.15, -0.1) is 24.2 Å². The van der Waals surface area contributed by atoms with Crippen molar-refractivity contribution in [1.82, 2.24) is 5.32 Å². The normalized spacial score (nSPS) is 21.2. The molecule has 13 heavy (non-hydrogen) atoms. The van der Waals surface area contributed by atoms with Crippen LogP contribution in [0.4, 0.5) is 0 Å². The topological polar surface area (TPSA) is 12.0 Å². The third-order valence-electron chi connectivity index (χ3n) is 2.10. The summed E-state index contributed by atoms with van der Waals surface area (Å²) in [6.07, 6.45) is 0. The van der Waals surface area contributed by atoms with Crippen molar-refractivity contribution in [2.45, 2.75) is 12.3 Å². The van der Waals surface area contributed by atoms with Gasteiger partial charge in [-0.05, 0) is 12.5 Å². The number of rotatable bonds is 1. The monoisotopic (exact) mass is 215 g/mol. The molecule has 2 rings (SSSR count). The van der Waals surface area contributed by atoms with Gasteiger partial charge in [0.05, 0.1) is 5.37 Å². The molecule has 1 aliphatic rings. The molecule has 1 unspecified atom stereocenters. The lowest BCUT2D eigenvalue weighted by Gasteiger charge is -2.09. The van der Waals surface area contributed by atoms with E-state index < -0.39 is 0 Å². The quantitative estimate of drug-likeness (QED) is 0.773. The lowest BCUT2D eigenvalue weighted by Crippen LogP contribution is -2.11. The second-order valence-corrected chi connectivity index (χ2v) is 4.33. The Balaban J connectivity index is 0.000000845. The van der Waals surface area contributed by atoms with Crippen LogP contribution in [-0.2, 0) is 0 Å². The highest BCUT2D eigenvalue weighted by Gasteiger charge is 2.15. The molecule has 72 valence electrons. The zero-order chi connectivity index (χ0) is 8.39. The Morgan fingerprint density at radius 3 is 2.54 bits per heavy atom. The summed E-state index contributed by atoms with van der Waals surface area (Å²) >= 11 is 1.99. The van der Waals surface area contributed by atoms with E-state index in [0.717, 1.165) is 6.54 Å². The molecule has 1 nitrogen and oxygen atoms in total. The minimum absolute atomic E-state index is 0. The third kappa shape index (κ3) is 2.63. The first-order valence-electron chi connectivity index (χ1n) is 4.28. The summed E-state index contributed by atoms with van der Waals surface area (Å²) in [5.74, 6) is 1.23. The van der Waals surface area contributed by atoms with Gasteiger partial charge in [0.15, 0.2) is 0 Å². The summed E-state index contributed by atoms with van der Waals surface area (Å²) in [6, 6.07) is 8.78. The number of aryl methyl sites for hydroxylation is 1. The molecular formula is C10H14ClNS. The van der Waals surface area contributed by atoms with E-state index in [0.29, 0.717) is 5.37 Å². The average molecular weight is 216 g/mol. The first kappa shape index (κ1) is 10.9. The summed E-state index contributed by atoms with van der Waals surface area (Å²) in [7, 11) is 0. The number of hydrogen-bond acceptors (Lipinski definition) is 2. The number of halogens is 1. The zero-order valence-corrected chi connectivity index (χ0v) is 9.25. The Bertz CT molecular complexity index is 254. The summed E-state index contributed by atoms with van der Waals surface area (Å²) in [5, 5.41) is 3.99. The average Bonchev–Trinajstić information content (AvgIpc) is 2.58.